The van der Waals surface area contributed by atoms with Crippen LogP contribution in [0, 0.1) is 0 Å². The number of benzene rings is 2. The van der Waals surface area contributed by atoms with Gasteiger partial charge < -0.3 is 5.32 Å². The molecule has 0 aromatic heterocycles. The van der Waals surface area contributed by atoms with E-state index in [0.29, 0.717) is 18.0 Å². The van der Waals surface area contributed by atoms with Crippen molar-refractivity contribution in [2.75, 3.05) is 18.4 Å². The Labute approximate surface area is 174 Å². The number of nitrogens with one attached hydrogen (secondary N) is 1. The van der Waals surface area contributed by atoms with Gasteiger partial charge in [0.1, 0.15) is 0 Å². The molecule has 0 aliphatic carbocycles. The second-order valence-electron chi connectivity index (χ2n) is 7.49. The lowest BCUT2D eigenvalue weighted by molar-refractivity contribution is -0.115. The first-order chi connectivity index (χ1) is 14.0. The van der Waals surface area contributed by atoms with E-state index in [-0.39, 0.29) is 12.3 Å². The van der Waals surface area contributed by atoms with Crippen LogP contribution in [0.25, 0.3) is 0 Å². The quantitative estimate of drug-likeness (QED) is 0.739. The Morgan fingerprint density at radius 2 is 1.52 bits per heavy atom. The lowest BCUT2D eigenvalue weighted by Crippen LogP contribution is -2.35. The second-order valence-corrected chi connectivity index (χ2v) is 9.43. The Kier molecular flexibility index (Phi) is 7.09. The maximum atomic E-state index is 12.7. The van der Waals surface area contributed by atoms with Gasteiger partial charge in [-0.25, -0.2) is 8.42 Å². The maximum Gasteiger partial charge on any atom is 0.243 e. The molecule has 3 rings (SSSR count). The minimum absolute atomic E-state index is 0.0905. The molecule has 6 heteroatoms. The smallest absolute Gasteiger partial charge is 0.243 e. The third kappa shape index (κ3) is 5.06. The number of para-hydroxylation sites is 1. The summed E-state index contributed by atoms with van der Waals surface area (Å²) in [5.41, 5.74) is 3.96. The summed E-state index contributed by atoms with van der Waals surface area (Å²) < 4.78 is 27.1. The summed E-state index contributed by atoms with van der Waals surface area (Å²) in [7, 11) is -3.44. The fourth-order valence-corrected chi connectivity index (χ4v) is 5.32. The van der Waals surface area contributed by atoms with E-state index in [4.69, 9.17) is 0 Å². The summed E-state index contributed by atoms with van der Waals surface area (Å²) in [6, 6.07) is 12.8. The lowest BCUT2D eigenvalue weighted by Gasteiger charge is -2.25. The highest BCUT2D eigenvalue weighted by atomic mass is 32.2. The van der Waals surface area contributed by atoms with Gasteiger partial charge in [0.05, 0.1) is 11.3 Å². The van der Waals surface area contributed by atoms with Crippen LogP contribution in [-0.4, -0.2) is 31.7 Å². The monoisotopic (exact) mass is 414 g/mol. The molecule has 0 unspecified atom stereocenters. The summed E-state index contributed by atoms with van der Waals surface area (Å²) in [5, 5.41) is 3.06. The van der Waals surface area contributed by atoms with E-state index in [0.717, 1.165) is 54.5 Å². The van der Waals surface area contributed by atoms with E-state index in [1.807, 2.05) is 18.2 Å². The van der Waals surface area contributed by atoms with Crippen molar-refractivity contribution in [3.8, 4) is 0 Å². The number of carbonyl (C=O) groups excluding carboxylic acids is 1. The molecule has 0 spiro atoms. The highest BCUT2D eigenvalue weighted by Gasteiger charge is 2.25. The molecule has 156 valence electrons. The molecule has 1 aliphatic heterocycles. The Balaban J connectivity index is 1.69. The molecule has 1 saturated heterocycles. The Morgan fingerprint density at radius 1 is 0.931 bits per heavy atom. The van der Waals surface area contributed by atoms with E-state index >= 15 is 0 Å². The first-order valence-electron chi connectivity index (χ1n) is 10.5. The molecule has 5 nitrogen and oxygen atoms in total. The van der Waals surface area contributed by atoms with Gasteiger partial charge in [0.15, 0.2) is 0 Å². The topological polar surface area (TPSA) is 66.5 Å². The predicted molar refractivity (Wildman–Crippen MR) is 117 cm³/mol. The zero-order chi connectivity index (χ0) is 20.9. The van der Waals surface area contributed by atoms with Gasteiger partial charge in [-0.1, -0.05) is 50.6 Å². The Morgan fingerprint density at radius 3 is 2.07 bits per heavy atom. The first-order valence-corrected chi connectivity index (χ1v) is 11.9. The second kappa shape index (κ2) is 9.55. The van der Waals surface area contributed by atoms with Gasteiger partial charge in [-0.2, -0.15) is 4.31 Å². The van der Waals surface area contributed by atoms with E-state index in [2.05, 4.69) is 19.2 Å². The van der Waals surface area contributed by atoms with Gasteiger partial charge in [-0.15, -0.1) is 0 Å². The van der Waals surface area contributed by atoms with Crippen LogP contribution in [0.3, 0.4) is 0 Å². The number of rotatable bonds is 7. The molecule has 2 aromatic rings. The molecule has 1 aliphatic rings. The van der Waals surface area contributed by atoms with Gasteiger partial charge in [0.25, 0.3) is 0 Å². The summed E-state index contributed by atoms with van der Waals surface area (Å²) in [5.74, 6) is -0.0905. The van der Waals surface area contributed by atoms with Crippen LogP contribution in [0.15, 0.2) is 47.4 Å². The Hall–Kier alpha value is -2.18. The van der Waals surface area contributed by atoms with Gasteiger partial charge in [0, 0.05) is 18.8 Å². The largest absolute Gasteiger partial charge is 0.325 e. The summed E-state index contributed by atoms with van der Waals surface area (Å²) in [6.45, 7) is 5.32. The number of hydrogen-bond donors (Lipinski definition) is 1. The number of amides is 1. The van der Waals surface area contributed by atoms with Crippen LogP contribution in [0.5, 0.6) is 0 Å². The number of hydrogen-bond acceptors (Lipinski definition) is 3. The molecule has 1 fully saturated rings. The van der Waals surface area contributed by atoms with Crippen molar-refractivity contribution in [3.05, 3.63) is 59.2 Å². The number of nitrogens with zero attached hydrogens (tertiary/aromatic N) is 1. The third-order valence-corrected chi connectivity index (χ3v) is 7.42. The minimum atomic E-state index is -3.44. The van der Waals surface area contributed by atoms with Gasteiger partial charge in [-0.3, -0.25) is 4.79 Å². The molecule has 0 bridgehead atoms. The molecule has 1 N–H and O–H groups in total. The highest BCUT2D eigenvalue weighted by Crippen LogP contribution is 2.24. The molecule has 29 heavy (non-hydrogen) atoms. The van der Waals surface area contributed by atoms with Crippen molar-refractivity contribution in [1.29, 1.82) is 0 Å². The third-order valence-electron chi connectivity index (χ3n) is 5.50. The van der Waals surface area contributed by atoms with Crippen molar-refractivity contribution < 1.29 is 13.2 Å². The lowest BCUT2D eigenvalue weighted by atomic mass is 10.0. The average Bonchev–Trinajstić information content (AvgIpc) is 2.75. The average molecular weight is 415 g/mol. The standard InChI is InChI=1S/C23H30N2O3S/c1-3-19-9-8-10-20(4-2)23(19)24-22(26)17-18-11-13-21(14-12-18)29(27,28)25-15-6-5-7-16-25/h8-14H,3-7,15-17H2,1-2H3,(H,24,26). The summed E-state index contributed by atoms with van der Waals surface area (Å²) in [6.07, 6.45) is 4.83. The molecule has 0 saturated carbocycles. The van der Waals surface area contributed by atoms with Gasteiger partial charge in [-0.05, 0) is 54.5 Å². The van der Waals surface area contributed by atoms with Crippen LogP contribution < -0.4 is 5.32 Å². The van der Waals surface area contributed by atoms with E-state index in [1.54, 1.807) is 28.6 Å². The fraction of sp³-hybridized carbons (Fsp3) is 0.435. The summed E-state index contributed by atoms with van der Waals surface area (Å²) in [4.78, 5) is 12.9. The highest BCUT2D eigenvalue weighted by molar-refractivity contribution is 7.89. The molecular formula is C23H30N2O3S. The normalized spacial score (nSPS) is 15.2. The minimum Gasteiger partial charge on any atom is -0.325 e. The zero-order valence-electron chi connectivity index (χ0n) is 17.3. The van der Waals surface area contributed by atoms with Crippen molar-refractivity contribution in [3.63, 3.8) is 0 Å². The SMILES string of the molecule is CCc1cccc(CC)c1NC(=O)Cc1ccc(S(=O)(=O)N2CCCCC2)cc1. The molecule has 0 atom stereocenters. The first kappa shape index (κ1) is 21.5. The van der Waals surface area contributed by atoms with Crippen molar-refractivity contribution in [2.45, 2.75) is 57.3 Å². The van der Waals surface area contributed by atoms with Gasteiger partial charge >= 0.3 is 0 Å². The molecule has 1 heterocycles. The van der Waals surface area contributed by atoms with Crippen LogP contribution in [-0.2, 0) is 34.1 Å². The maximum absolute atomic E-state index is 12.7. The van der Waals surface area contributed by atoms with Crippen LogP contribution in [0.4, 0.5) is 5.69 Å². The van der Waals surface area contributed by atoms with E-state index in [9.17, 15) is 13.2 Å². The summed E-state index contributed by atoms with van der Waals surface area (Å²) >= 11 is 0. The molecule has 2 aromatic carbocycles. The number of sulfonamides is 1. The number of piperidine rings is 1. The van der Waals surface area contributed by atoms with E-state index in [1.165, 1.54) is 0 Å². The molecular weight excluding hydrogens is 384 g/mol. The van der Waals surface area contributed by atoms with Crippen molar-refractivity contribution >= 4 is 21.6 Å². The number of carbonyl (C=O) groups is 1. The molecule has 1 amide bonds. The molecule has 0 radical (unpaired) electrons. The van der Waals surface area contributed by atoms with Crippen LogP contribution >= 0.6 is 0 Å². The van der Waals surface area contributed by atoms with Crippen molar-refractivity contribution in [2.24, 2.45) is 0 Å². The van der Waals surface area contributed by atoms with Crippen LogP contribution in [0.2, 0.25) is 0 Å². The predicted octanol–water partition coefficient (Wildman–Crippen LogP) is 4.17. The zero-order valence-corrected chi connectivity index (χ0v) is 18.1. The fourth-order valence-electron chi connectivity index (χ4n) is 3.81. The van der Waals surface area contributed by atoms with Crippen molar-refractivity contribution in [1.82, 2.24) is 4.31 Å². The van der Waals surface area contributed by atoms with E-state index < -0.39 is 10.0 Å². The van der Waals surface area contributed by atoms with Gasteiger partial charge in [0.2, 0.25) is 15.9 Å². The number of anilines is 1. The number of aryl methyl sites for hydroxylation is 2. The van der Waals surface area contributed by atoms with Crippen LogP contribution in [0.1, 0.15) is 49.8 Å². The Bertz CT molecular complexity index is 924.